The zero-order valence-electron chi connectivity index (χ0n) is 14.5. The highest BCUT2D eigenvalue weighted by Crippen LogP contribution is 2.19. The van der Waals surface area contributed by atoms with Gasteiger partial charge in [0.15, 0.2) is 0 Å². The van der Waals surface area contributed by atoms with E-state index < -0.39 is 15.4 Å². The second kappa shape index (κ2) is 13.3. The van der Waals surface area contributed by atoms with Gasteiger partial charge in [-0.3, -0.25) is 4.55 Å². The van der Waals surface area contributed by atoms with Crippen LogP contribution in [0.15, 0.2) is 0 Å². The van der Waals surface area contributed by atoms with Crippen LogP contribution in [0.1, 0.15) is 97.3 Å². The molecule has 0 radical (unpaired) electrons. The smallest absolute Gasteiger partial charge is 0.267 e. The molecule has 0 amide bonds. The Labute approximate surface area is 137 Å². The van der Waals surface area contributed by atoms with Gasteiger partial charge in [-0.15, -0.1) is 0 Å². The monoisotopic (exact) mass is 336 g/mol. The van der Waals surface area contributed by atoms with Crippen LogP contribution >= 0.6 is 0 Å². The predicted octanol–water partition coefficient (Wildman–Crippen LogP) is 4.71. The van der Waals surface area contributed by atoms with E-state index in [1.165, 1.54) is 0 Å². The van der Waals surface area contributed by atoms with Crippen molar-refractivity contribution in [1.29, 1.82) is 0 Å². The molecule has 2 unspecified atom stereocenters. The molecule has 0 bridgehead atoms. The Bertz CT molecular complexity index is 341. The number of hydrogen-bond acceptors (Lipinski definition) is 3. The van der Waals surface area contributed by atoms with Crippen molar-refractivity contribution in [1.82, 2.24) is 0 Å². The quantitative estimate of drug-likeness (QED) is 0.335. The van der Waals surface area contributed by atoms with E-state index in [2.05, 4.69) is 13.8 Å². The number of aliphatic hydroxyl groups is 1. The minimum atomic E-state index is -3.91. The Kier molecular flexibility index (Phi) is 13.2. The van der Waals surface area contributed by atoms with Crippen molar-refractivity contribution in [3.05, 3.63) is 0 Å². The Hall–Kier alpha value is -0.130. The first kappa shape index (κ1) is 21.9. The first-order valence-electron chi connectivity index (χ1n) is 9.06. The van der Waals surface area contributed by atoms with Crippen LogP contribution in [0.3, 0.4) is 0 Å². The molecule has 0 aliphatic rings. The van der Waals surface area contributed by atoms with Crippen LogP contribution in [0.2, 0.25) is 0 Å². The van der Waals surface area contributed by atoms with Crippen LogP contribution in [0.5, 0.6) is 0 Å². The Balaban J connectivity index is 3.80. The molecule has 0 aromatic heterocycles. The van der Waals surface area contributed by atoms with Crippen molar-refractivity contribution in [3.63, 3.8) is 0 Å². The van der Waals surface area contributed by atoms with Crippen LogP contribution in [0.25, 0.3) is 0 Å². The Morgan fingerprint density at radius 1 is 0.727 bits per heavy atom. The summed E-state index contributed by atoms with van der Waals surface area (Å²) in [6.07, 6.45) is 11.7. The van der Waals surface area contributed by atoms with E-state index >= 15 is 0 Å². The van der Waals surface area contributed by atoms with E-state index in [0.29, 0.717) is 12.8 Å². The SMILES string of the molecule is CCCCCCC(CCCCCCC(O)CCC)S(=O)(=O)O. The summed E-state index contributed by atoms with van der Waals surface area (Å²) < 4.78 is 32.1. The van der Waals surface area contributed by atoms with Crippen LogP contribution < -0.4 is 0 Å². The fourth-order valence-corrected chi connectivity index (χ4v) is 3.75. The second-order valence-electron chi connectivity index (χ2n) is 6.42. The Morgan fingerprint density at radius 3 is 1.68 bits per heavy atom. The lowest BCUT2D eigenvalue weighted by Crippen LogP contribution is -2.20. The van der Waals surface area contributed by atoms with Gasteiger partial charge >= 0.3 is 0 Å². The molecule has 0 spiro atoms. The van der Waals surface area contributed by atoms with Crippen molar-refractivity contribution >= 4 is 10.1 Å². The summed E-state index contributed by atoms with van der Waals surface area (Å²) in [5.41, 5.74) is 0. The highest BCUT2D eigenvalue weighted by Gasteiger charge is 2.21. The molecule has 0 aromatic carbocycles. The van der Waals surface area contributed by atoms with E-state index in [1.54, 1.807) is 0 Å². The van der Waals surface area contributed by atoms with Gasteiger partial charge in [-0.25, -0.2) is 0 Å². The van der Waals surface area contributed by atoms with E-state index in [9.17, 15) is 18.1 Å². The topological polar surface area (TPSA) is 74.6 Å². The molecule has 0 saturated carbocycles. The molecule has 4 nitrogen and oxygen atoms in total. The fraction of sp³-hybridized carbons (Fsp3) is 1.00. The number of unbranched alkanes of at least 4 members (excludes halogenated alkanes) is 6. The maximum absolute atomic E-state index is 11.4. The highest BCUT2D eigenvalue weighted by molar-refractivity contribution is 7.86. The van der Waals surface area contributed by atoms with E-state index in [1.807, 2.05) is 0 Å². The molecule has 0 heterocycles. The van der Waals surface area contributed by atoms with Crippen LogP contribution in [-0.4, -0.2) is 29.4 Å². The third kappa shape index (κ3) is 12.4. The zero-order valence-corrected chi connectivity index (χ0v) is 15.3. The lowest BCUT2D eigenvalue weighted by Gasteiger charge is -2.14. The first-order chi connectivity index (χ1) is 10.4. The second-order valence-corrected chi connectivity index (χ2v) is 8.12. The summed E-state index contributed by atoms with van der Waals surface area (Å²) in [7, 11) is -3.91. The molecule has 22 heavy (non-hydrogen) atoms. The van der Waals surface area contributed by atoms with Gasteiger partial charge in [-0.2, -0.15) is 8.42 Å². The van der Waals surface area contributed by atoms with Gasteiger partial charge in [0.05, 0.1) is 11.4 Å². The van der Waals surface area contributed by atoms with E-state index in [-0.39, 0.29) is 6.10 Å². The van der Waals surface area contributed by atoms with Crippen molar-refractivity contribution in [3.8, 4) is 0 Å². The van der Waals surface area contributed by atoms with Gasteiger partial charge in [-0.1, -0.05) is 71.6 Å². The van der Waals surface area contributed by atoms with Gasteiger partial charge in [0.2, 0.25) is 0 Å². The summed E-state index contributed by atoms with van der Waals surface area (Å²) in [5.74, 6) is 0. The van der Waals surface area contributed by atoms with Crippen LogP contribution in [-0.2, 0) is 10.1 Å². The molecular formula is C17H36O4S. The van der Waals surface area contributed by atoms with Crippen molar-refractivity contribution in [2.24, 2.45) is 0 Å². The minimum Gasteiger partial charge on any atom is -0.393 e. The molecule has 134 valence electrons. The van der Waals surface area contributed by atoms with E-state index in [0.717, 1.165) is 70.6 Å². The molecule has 0 aromatic rings. The maximum atomic E-state index is 11.4. The van der Waals surface area contributed by atoms with Crippen molar-refractivity contribution < 1.29 is 18.1 Å². The number of hydrogen-bond donors (Lipinski definition) is 2. The fourth-order valence-electron chi connectivity index (χ4n) is 2.82. The molecule has 0 rings (SSSR count). The molecular weight excluding hydrogens is 300 g/mol. The van der Waals surface area contributed by atoms with Gasteiger partial charge < -0.3 is 5.11 Å². The van der Waals surface area contributed by atoms with Crippen molar-refractivity contribution in [2.75, 3.05) is 0 Å². The largest absolute Gasteiger partial charge is 0.393 e. The minimum absolute atomic E-state index is 0.186. The summed E-state index contributed by atoms with van der Waals surface area (Å²) in [6.45, 7) is 4.19. The summed E-state index contributed by atoms with van der Waals surface area (Å²) >= 11 is 0. The highest BCUT2D eigenvalue weighted by atomic mass is 32.2. The molecule has 0 aliphatic carbocycles. The van der Waals surface area contributed by atoms with E-state index in [4.69, 9.17) is 0 Å². The Morgan fingerprint density at radius 2 is 1.23 bits per heavy atom. The average molecular weight is 337 g/mol. The zero-order chi connectivity index (χ0) is 16.8. The van der Waals surface area contributed by atoms with Crippen LogP contribution in [0, 0.1) is 0 Å². The lowest BCUT2D eigenvalue weighted by molar-refractivity contribution is 0.150. The van der Waals surface area contributed by atoms with Gasteiger partial charge in [0.25, 0.3) is 10.1 Å². The third-order valence-electron chi connectivity index (χ3n) is 4.24. The maximum Gasteiger partial charge on any atom is 0.267 e. The predicted molar refractivity (Wildman–Crippen MR) is 92.7 cm³/mol. The molecule has 0 fully saturated rings. The molecule has 2 atom stereocenters. The summed E-state index contributed by atoms with van der Waals surface area (Å²) in [5, 5.41) is 9.04. The molecule has 0 aliphatic heterocycles. The van der Waals surface area contributed by atoms with Gasteiger partial charge in [0, 0.05) is 0 Å². The number of aliphatic hydroxyl groups excluding tert-OH is 1. The average Bonchev–Trinajstić information content (AvgIpc) is 2.43. The van der Waals surface area contributed by atoms with Crippen LogP contribution in [0.4, 0.5) is 0 Å². The number of rotatable bonds is 15. The van der Waals surface area contributed by atoms with Gasteiger partial charge in [0.1, 0.15) is 0 Å². The first-order valence-corrected chi connectivity index (χ1v) is 10.6. The molecule has 5 heteroatoms. The third-order valence-corrected chi connectivity index (χ3v) is 5.55. The normalized spacial score (nSPS) is 14.9. The van der Waals surface area contributed by atoms with Gasteiger partial charge in [-0.05, 0) is 25.7 Å². The summed E-state index contributed by atoms with van der Waals surface area (Å²) in [4.78, 5) is 0. The summed E-state index contributed by atoms with van der Waals surface area (Å²) in [6, 6.07) is 0. The molecule has 2 N–H and O–H groups in total. The standard InChI is InChI=1S/C17H36O4S/c1-3-5-6-10-14-17(22(19,20)21)15-11-8-7-9-13-16(18)12-4-2/h16-18H,3-15H2,1-2H3,(H,19,20,21). The molecule has 0 saturated heterocycles. The van der Waals surface area contributed by atoms with Crippen molar-refractivity contribution in [2.45, 2.75) is 109 Å². The lowest BCUT2D eigenvalue weighted by atomic mass is 10.0.